The summed E-state index contributed by atoms with van der Waals surface area (Å²) < 4.78 is 12.5. The van der Waals surface area contributed by atoms with Crippen LogP contribution in [0.1, 0.15) is 59.8 Å². The Morgan fingerprint density at radius 3 is 2.55 bits per heavy atom. The molecule has 4 aliphatic carbocycles. The monoisotopic (exact) mass is 460 g/mol. The summed E-state index contributed by atoms with van der Waals surface area (Å²) in [5.74, 6) is -0.309. The summed E-state index contributed by atoms with van der Waals surface area (Å²) in [6, 6.07) is 0. The smallest absolute Gasteiger partial charge is 0.102 e. The van der Waals surface area contributed by atoms with Crippen LogP contribution in [0.25, 0.3) is 0 Å². The Hall–Kier alpha value is -1.02. The van der Waals surface area contributed by atoms with Gasteiger partial charge in [-0.25, -0.2) is 0 Å². The second-order valence-electron chi connectivity index (χ2n) is 11.8. The molecule has 5 unspecified atom stereocenters. The van der Waals surface area contributed by atoms with Gasteiger partial charge in [-0.2, -0.15) is 0 Å². The van der Waals surface area contributed by atoms with E-state index in [0.717, 1.165) is 24.0 Å². The summed E-state index contributed by atoms with van der Waals surface area (Å²) in [7, 11) is 0. The van der Waals surface area contributed by atoms with Crippen LogP contribution in [0.4, 0.5) is 0 Å². The lowest BCUT2D eigenvalue weighted by atomic mass is 9.45. The molecule has 4 N–H and O–H groups in total. The normalized spacial score (nSPS) is 48.7. The minimum absolute atomic E-state index is 0.0505. The highest BCUT2D eigenvalue weighted by molar-refractivity contribution is 5.36. The Balaban J connectivity index is 1.66. The predicted molar refractivity (Wildman–Crippen MR) is 124 cm³/mol. The van der Waals surface area contributed by atoms with E-state index >= 15 is 0 Å². The molecule has 0 radical (unpaired) electrons. The van der Waals surface area contributed by atoms with Gasteiger partial charge in [0.15, 0.2) is 0 Å². The molecule has 1 saturated heterocycles. The lowest BCUT2D eigenvalue weighted by Crippen LogP contribution is -2.74. The van der Waals surface area contributed by atoms with Crippen LogP contribution in [-0.2, 0) is 9.47 Å². The van der Waals surface area contributed by atoms with Crippen LogP contribution in [0.5, 0.6) is 0 Å². The molecule has 9 atom stereocenters. The SMILES string of the molecule is CC1=C2[C@@H](O)C(O)C3(C)C(C4COC4C[C@@H]3O)[C@H](OCC3=CCCC=C3)[C@](O)(CC1)C2(C)C. The molecule has 0 aromatic heterocycles. The topological polar surface area (TPSA) is 99.4 Å². The number of aliphatic hydroxyl groups excluding tert-OH is 3. The molecule has 1 aliphatic heterocycles. The zero-order valence-electron chi connectivity index (χ0n) is 20.3. The van der Waals surface area contributed by atoms with Gasteiger partial charge >= 0.3 is 0 Å². The fourth-order valence-electron chi connectivity index (χ4n) is 7.73. The fourth-order valence-corrected chi connectivity index (χ4v) is 7.73. The van der Waals surface area contributed by atoms with Gasteiger partial charge in [-0.05, 0) is 43.8 Å². The van der Waals surface area contributed by atoms with Gasteiger partial charge < -0.3 is 29.9 Å². The largest absolute Gasteiger partial charge is 0.392 e. The highest BCUT2D eigenvalue weighted by Gasteiger charge is 2.70. The number of ether oxygens (including phenoxy) is 2. The van der Waals surface area contributed by atoms with Crippen LogP contribution in [0.2, 0.25) is 0 Å². The van der Waals surface area contributed by atoms with Gasteiger partial charge in [0, 0.05) is 29.1 Å². The van der Waals surface area contributed by atoms with Crippen molar-refractivity contribution in [2.45, 2.75) is 95.9 Å². The summed E-state index contributed by atoms with van der Waals surface area (Å²) in [4.78, 5) is 0. The van der Waals surface area contributed by atoms with Gasteiger partial charge in [0.1, 0.15) is 11.7 Å². The molecule has 5 aliphatic rings. The van der Waals surface area contributed by atoms with Crippen molar-refractivity contribution in [3.05, 3.63) is 34.9 Å². The molecule has 1 heterocycles. The first-order valence-electron chi connectivity index (χ1n) is 12.6. The van der Waals surface area contributed by atoms with Gasteiger partial charge in [0.25, 0.3) is 0 Å². The number of rotatable bonds is 3. The lowest BCUT2D eigenvalue weighted by molar-refractivity contribution is -0.309. The van der Waals surface area contributed by atoms with E-state index in [-0.39, 0.29) is 17.9 Å². The first-order valence-corrected chi connectivity index (χ1v) is 12.6. The first-order chi connectivity index (χ1) is 15.5. The fraction of sp³-hybridized carbons (Fsp3) is 0.778. The molecule has 184 valence electrons. The van der Waals surface area contributed by atoms with Crippen LogP contribution in [0.15, 0.2) is 34.9 Å². The number of hydrogen-bond acceptors (Lipinski definition) is 6. The zero-order chi connectivity index (χ0) is 23.8. The minimum Gasteiger partial charge on any atom is -0.392 e. The van der Waals surface area contributed by atoms with Crippen molar-refractivity contribution in [3.8, 4) is 0 Å². The molecule has 2 bridgehead atoms. The second-order valence-corrected chi connectivity index (χ2v) is 11.8. The average molecular weight is 461 g/mol. The van der Waals surface area contributed by atoms with Crippen LogP contribution >= 0.6 is 0 Å². The maximum atomic E-state index is 12.5. The van der Waals surface area contributed by atoms with Gasteiger partial charge in [0.2, 0.25) is 0 Å². The van der Waals surface area contributed by atoms with Crippen LogP contribution < -0.4 is 0 Å². The Kier molecular flexibility index (Phi) is 5.75. The predicted octanol–water partition coefficient (Wildman–Crippen LogP) is 2.65. The van der Waals surface area contributed by atoms with E-state index in [9.17, 15) is 20.4 Å². The standard InChI is InChI=1S/C27H40O6/c1-15-10-11-27(31)24(33-13-16-8-6-5-7-9-16)21-17-14-32-18(17)12-19(28)26(21,4)23(30)22(29)20(15)25(27,2)3/h6,8-9,17-19,21-24,28-31H,5,7,10-14H2,1-4H3/t17?,18?,19-,21?,22+,23?,24-,26?,27+/m0/s1. The molecule has 3 fully saturated rings. The van der Waals surface area contributed by atoms with E-state index in [4.69, 9.17) is 9.47 Å². The molecule has 0 aromatic rings. The summed E-state index contributed by atoms with van der Waals surface area (Å²) in [5.41, 5.74) is -0.323. The van der Waals surface area contributed by atoms with Crippen molar-refractivity contribution in [1.29, 1.82) is 0 Å². The summed E-state index contributed by atoms with van der Waals surface area (Å²) in [6.07, 6.45) is 6.03. The highest BCUT2D eigenvalue weighted by Crippen LogP contribution is 2.62. The molecular formula is C27H40O6. The van der Waals surface area contributed by atoms with Crippen LogP contribution in [0.3, 0.4) is 0 Å². The second kappa shape index (κ2) is 8.00. The van der Waals surface area contributed by atoms with Gasteiger partial charge in [-0.3, -0.25) is 0 Å². The van der Waals surface area contributed by atoms with E-state index in [0.29, 0.717) is 38.0 Å². The zero-order valence-corrected chi connectivity index (χ0v) is 20.3. The maximum Gasteiger partial charge on any atom is 0.102 e. The third kappa shape index (κ3) is 3.21. The molecule has 5 rings (SSSR count). The number of allylic oxidation sites excluding steroid dienone is 3. The molecule has 6 heteroatoms. The minimum atomic E-state index is -1.26. The van der Waals surface area contributed by atoms with Crippen molar-refractivity contribution in [2.24, 2.45) is 22.7 Å². The lowest BCUT2D eigenvalue weighted by Gasteiger charge is -2.66. The first kappa shape index (κ1) is 23.7. The Morgan fingerprint density at radius 2 is 1.91 bits per heavy atom. The van der Waals surface area contributed by atoms with E-state index < -0.39 is 40.8 Å². The molecular weight excluding hydrogens is 420 g/mol. The number of aliphatic hydroxyl groups is 4. The van der Waals surface area contributed by atoms with Crippen molar-refractivity contribution in [2.75, 3.05) is 13.2 Å². The molecule has 0 aromatic carbocycles. The summed E-state index contributed by atoms with van der Waals surface area (Å²) in [6.45, 7) is 8.67. The molecule has 0 amide bonds. The van der Waals surface area contributed by atoms with Crippen LogP contribution in [-0.4, -0.2) is 69.8 Å². The average Bonchev–Trinajstić information content (AvgIpc) is 2.76. The van der Waals surface area contributed by atoms with E-state index in [1.165, 1.54) is 0 Å². The van der Waals surface area contributed by atoms with Gasteiger partial charge in [0.05, 0.1) is 37.6 Å². The molecule has 33 heavy (non-hydrogen) atoms. The number of fused-ring (bicyclic) bond motifs is 5. The van der Waals surface area contributed by atoms with Crippen molar-refractivity contribution < 1.29 is 29.9 Å². The highest BCUT2D eigenvalue weighted by atomic mass is 16.5. The Morgan fingerprint density at radius 1 is 1.15 bits per heavy atom. The molecule has 2 saturated carbocycles. The third-order valence-electron chi connectivity index (χ3n) is 9.96. The van der Waals surface area contributed by atoms with Gasteiger partial charge in [-0.15, -0.1) is 0 Å². The maximum absolute atomic E-state index is 12.5. The van der Waals surface area contributed by atoms with Crippen molar-refractivity contribution >= 4 is 0 Å². The summed E-state index contributed by atoms with van der Waals surface area (Å²) >= 11 is 0. The van der Waals surface area contributed by atoms with E-state index in [1.54, 1.807) is 0 Å². The van der Waals surface area contributed by atoms with E-state index in [1.807, 2.05) is 27.7 Å². The van der Waals surface area contributed by atoms with Crippen molar-refractivity contribution in [1.82, 2.24) is 0 Å². The quantitative estimate of drug-likeness (QED) is 0.484. The number of hydrogen-bond donors (Lipinski definition) is 4. The van der Waals surface area contributed by atoms with Crippen molar-refractivity contribution in [3.63, 3.8) is 0 Å². The van der Waals surface area contributed by atoms with Crippen LogP contribution in [0, 0.1) is 22.7 Å². The Labute approximate surface area is 197 Å². The molecule has 0 spiro atoms. The molecule has 6 nitrogen and oxygen atoms in total. The van der Waals surface area contributed by atoms with E-state index in [2.05, 4.69) is 18.2 Å². The summed E-state index contributed by atoms with van der Waals surface area (Å²) in [5, 5.41) is 47.0. The van der Waals surface area contributed by atoms with Gasteiger partial charge in [-0.1, -0.05) is 44.6 Å². The third-order valence-corrected chi connectivity index (χ3v) is 9.96. The Bertz CT molecular complexity index is 889.